The van der Waals surface area contributed by atoms with Crippen LogP contribution in [-0.2, 0) is 12.6 Å². The van der Waals surface area contributed by atoms with Gasteiger partial charge in [0.1, 0.15) is 23.7 Å². The van der Waals surface area contributed by atoms with Crippen LogP contribution in [0.5, 0.6) is 5.75 Å². The molecule has 4 heterocycles. The molecule has 1 fully saturated rings. The Morgan fingerprint density at radius 2 is 1.88 bits per heavy atom. The Kier molecular flexibility index (Phi) is 4.49. The van der Waals surface area contributed by atoms with Gasteiger partial charge in [0.2, 0.25) is 5.95 Å². The summed E-state index contributed by atoms with van der Waals surface area (Å²) in [5, 5.41) is 7.99. The number of aromatic nitrogens is 5. The van der Waals surface area contributed by atoms with E-state index in [2.05, 4.69) is 20.2 Å². The van der Waals surface area contributed by atoms with Gasteiger partial charge in [0.05, 0.1) is 12.2 Å². The maximum absolute atomic E-state index is 14.2. The average Bonchev–Trinajstić information content (AvgIpc) is 3.55. The summed E-state index contributed by atoms with van der Waals surface area (Å²) < 4.78 is 50.0. The van der Waals surface area contributed by atoms with Crippen LogP contribution in [0.25, 0.3) is 16.8 Å². The molecule has 3 aromatic heterocycles. The zero-order valence-corrected chi connectivity index (χ0v) is 17.5. The van der Waals surface area contributed by atoms with Crippen molar-refractivity contribution in [2.24, 2.45) is 5.92 Å². The van der Waals surface area contributed by atoms with E-state index in [9.17, 15) is 13.2 Å². The molecule has 0 spiro atoms. The molecule has 33 heavy (non-hydrogen) atoms. The molecular formula is C23H19F3N6O. The first-order chi connectivity index (χ1) is 16.0. The number of alkyl halides is 3. The summed E-state index contributed by atoms with van der Waals surface area (Å²) in [4.78, 5) is 10.5. The summed E-state index contributed by atoms with van der Waals surface area (Å²) in [6, 6.07) is 8.24. The molecule has 0 amide bonds. The van der Waals surface area contributed by atoms with E-state index in [1.165, 1.54) is 10.5 Å². The molecule has 6 rings (SSSR count). The number of hydrogen-bond donors (Lipinski definition) is 0. The van der Waals surface area contributed by atoms with Crippen molar-refractivity contribution in [1.82, 2.24) is 24.6 Å². The van der Waals surface area contributed by atoms with E-state index < -0.39 is 11.7 Å². The molecule has 1 saturated carbocycles. The number of pyridine rings is 1. The quantitative estimate of drug-likeness (QED) is 0.448. The van der Waals surface area contributed by atoms with Crippen LogP contribution in [0.2, 0.25) is 0 Å². The normalized spacial score (nSPS) is 16.0. The van der Waals surface area contributed by atoms with Crippen LogP contribution in [0.1, 0.15) is 24.2 Å². The lowest BCUT2D eigenvalue weighted by Gasteiger charge is -2.29. The summed E-state index contributed by atoms with van der Waals surface area (Å²) in [5.41, 5.74) is 0.179. The minimum absolute atomic E-state index is 0.0415. The zero-order chi connectivity index (χ0) is 22.6. The van der Waals surface area contributed by atoms with E-state index in [1.807, 2.05) is 4.90 Å². The van der Waals surface area contributed by atoms with E-state index in [0.29, 0.717) is 54.3 Å². The largest absolute Gasteiger partial charge is 0.490 e. The minimum Gasteiger partial charge on any atom is -0.490 e. The summed E-state index contributed by atoms with van der Waals surface area (Å²) in [7, 11) is 0. The summed E-state index contributed by atoms with van der Waals surface area (Å²) >= 11 is 0. The molecule has 1 aliphatic carbocycles. The smallest absolute Gasteiger partial charge is 0.420 e. The van der Waals surface area contributed by atoms with Gasteiger partial charge in [-0.25, -0.2) is 9.97 Å². The van der Waals surface area contributed by atoms with Gasteiger partial charge in [0, 0.05) is 25.0 Å². The third-order valence-corrected chi connectivity index (χ3v) is 6.03. The van der Waals surface area contributed by atoms with E-state index in [-0.39, 0.29) is 11.2 Å². The Morgan fingerprint density at radius 1 is 1.06 bits per heavy atom. The third kappa shape index (κ3) is 3.55. The van der Waals surface area contributed by atoms with Crippen molar-refractivity contribution in [3.8, 4) is 16.9 Å². The Labute approximate surface area is 186 Å². The molecular weight excluding hydrogens is 433 g/mol. The van der Waals surface area contributed by atoms with Crippen molar-refractivity contribution < 1.29 is 17.9 Å². The molecule has 4 aromatic rings. The maximum Gasteiger partial charge on any atom is 0.420 e. The summed E-state index contributed by atoms with van der Waals surface area (Å²) in [5.74, 6) is 2.05. The highest BCUT2D eigenvalue weighted by Crippen LogP contribution is 2.43. The van der Waals surface area contributed by atoms with E-state index >= 15 is 0 Å². The number of halogens is 3. The number of nitrogens with zero attached hydrogens (tertiary/aromatic N) is 6. The number of anilines is 2. The van der Waals surface area contributed by atoms with Gasteiger partial charge >= 0.3 is 6.18 Å². The lowest BCUT2D eigenvalue weighted by atomic mass is 9.99. The highest BCUT2D eigenvalue weighted by molar-refractivity contribution is 5.79. The van der Waals surface area contributed by atoms with E-state index in [4.69, 9.17) is 4.74 Å². The topological polar surface area (TPSA) is 68.4 Å². The fourth-order valence-corrected chi connectivity index (χ4v) is 4.27. The maximum atomic E-state index is 14.2. The van der Waals surface area contributed by atoms with Gasteiger partial charge in [-0.2, -0.15) is 13.2 Å². The molecule has 0 saturated heterocycles. The van der Waals surface area contributed by atoms with Gasteiger partial charge in [-0.05, 0) is 54.2 Å². The summed E-state index contributed by atoms with van der Waals surface area (Å²) in [6.07, 6.45) is 3.13. The van der Waals surface area contributed by atoms with Gasteiger partial charge in [-0.15, -0.1) is 10.2 Å². The first-order valence-electron chi connectivity index (χ1n) is 10.7. The van der Waals surface area contributed by atoms with Crippen molar-refractivity contribution in [3.05, 3.63) is 60.3 Å². The van der Waals surface area contributed by atoms with Crippen LogP contribution < -0.4 is 9.64 Å². The zero-order valence-electron chi connectivity index (χ0n) is 17.5. The van der Waals surface area contributed by atoms with Crippen molar-refractivity contribution >= 4 is 17.3 Å². The molecule has 2 aliphatic rings. The lowest BCUT2D eigenvalue weighted by Crippen LogP contribution is -2.29. The second-order valence-electron chi connectivity index (χ2n) is 8.29. The SMILES string of the molecule is FC(F)(F)c1c(-c2ccc3c(c2)OCCN3c2ncccn2)ccn2c(CC3CC3)nnc12. The van der Waals surface area contributed by atoms with Gasteiger partial charge in [0.15, 0.2) is 5.65 Å². The monoisotopic (exact) mass is 452 g/mol. The van der Waals surface area contributed by atoms with E-state index in [0.717, 1.165) is 12.8 Å². The Bertz CT molecular complexity index is 1330. The predicted octanol–water partition coefficient (Wildman–Crippen LogP) is 4.69. The second-order valence-corrected chi connectivity index (χ2v) is 8.29. The Morgan fingerprint density at radius 3 is 2.64 bits per heavy atom. The fourth-order valence-electron chi connectivity index (χ4n) is 4.27. The fraction of sp³-hybridized carbons (Fsp3) is 0.304. The van der Waals surface area contributed by atoms with Gasteiger partial charge in [-0.3, -0.25) is 4.40 Å². The Hall–Kier alpha value is -3.69. The van der Waals surface area contributed by atoms with Crippen LogP contribution in [0.4, 0.5) is 24.8 Å². The molecule has 1 aromatic carbocycles. The standard InChI is InChI=1S/C23H19F3N6O/c24-23(25,26)20-16(6-9-32-19(12-14-2-3-14)29-30-21(20)32)15-4-5-17-18(13-15)33-11-10-31(17)22-27-7-1-8-28-22/h1,4-9,13-14H,2-3,10-12H2. The molecule has 0 unspecified atom stereocenters. The minimum atomic E-state index is -4.59. The first kappa shape index (κ1) is 20.0. The van der Waals surface area contributed by atoms with E-state index in [1.54, 1.807) is 42.9 Å². The van der Waals surface area contributed by atoms with Crippen LogP contribution >= 0.6 is 0 Å². The molecule has 0 atom stereocenters. The molecule has 0 radical (unpaired) electrons. The number of benzene rings is 1. The predicted molar refractivity (Wildman–Crippen MR) is 114 cm³/mol. The summed E-state index contributed by atoms with van der Waals surface area (Å²) in [6.45, 7) is 0.911. The van der Waals surface area contributed by atoms with Crippen LogP contribution in [0.3, 0.4) is 0 Å². The number of rotatable bonds is 4. The molecule has 168 valence electrons. The lowest BCUT2D eigenvalue weighted by molar-refractivity contribution is -0.136. The van der Waals surface area contributed by atoms with Crippen LogP contribution in [0.15, 0.2) is 48.9 Å². The average molecular weight is 452 g/mol. The van der Waals surface area contributed by atoms with Crippen LogP contribution in [0, 0.1) is 5.92 Å². The van der Waals surface area contributed by atoms with Crippen molar-refractivity contribution in [1.29, 1.82) is 0 Å². The molecule has 7 nitrogen and oxygen atoms in total. The number of fused-ring (bicyclic) bond motifs is 2. The van der Waals surface area contributed by atoms with Gasteiger partial charge < -0.3 is 9.64 Å². The van der Waals surface area contributed by atoms with Crippen molar-refractivity contribution in [2.45, 2.75) is 25.4 Å². The number of hydrogen-bond acceptors (Lipinski definition) is 6. The molecule has 10 heteroatoms. The number of ether oxygens (including phenoxy) is 1. The van der Waals surface area contributed by atoms with Gasteiger partial charge in [0.25, 0.3) is 0 Å². The van der Waals surface area contributed by atoms with Crippen LogP contribution in [-0.4, -0.2) is 37.7 Å². The molecule has 0 N–H and O–H groups in total. The first-order valence-corrected chi connectivity index (χ1v) is 10.7. The molecule has 1 aliphatic heterocycles. The highest BCUT2D eigenvalue weighted by Gasteiger charge is 2.38. The van der Waals surface area contributed by atoms with Gasteiger partial charge in [-0.1, -0.05) is 6.07 Å². The third-order valence-electron chi connectivity index (χ3n) is 6.03. The Balaban J connectivity index is 1.45. The highest BCUT2D eigenvalue weighted by atomic mass is 19.4. The van der Waals surface area contributed by atoms with Crippen molar-refractivity contribution in [2.75, 3.05) is 18.1 Å². The second kappa shape index (κ2) is 7.43. The molecule has 0 bridgehead atoms. The van der Waals surface area contributed by atoms with Crippen molar-refractivity contribution in [3.63, 3.8) is 0 Å².